The average molecular weight is 315 g/mol. The molecule has 0 aromatic heterocycles. The third kappa shape index (κ3) is 5.63. The molecule has 5 heteroatoms. The quantitative estimate of drug-likeness (QED) is 0.876. The molecule has 0 bridgehead atoms. The van der Waals surface area contributed by atoms with E-state index in [1.807, 2.05) is 42.1 Å². The summed E-state index contributed by atoms with van der Waals surface area (Å²) in [5, 5.41) is 6.99. The molecule has 1 aliphatic carbocycles. The lowest BCUT2D eigenvalue weighted by Gasteiger charge is -2.28. The van der Waals surface area contributed by atoms with Crippen LogP contribution in [0.1, 0.15) is 25.7 Å². The molecule has 0 spiro atoms. The number of carbonyl (C=O) groups excluding carboxylic acids is 1. The van der Waals surface area contributed by atoms with Crippen LogP contribution in [0.5, 0.6) is 0 Å². The fourth-order valence-electron chi connectivity index (χ4n) is 2.51. The molecule has 0 saturated heterocycles. The lowest BCUT2D eigenvalue weighted by Crippen LogP contribution is -2.41. The van der Waals surface area contributed by atoms with Crippen molar-refractivity contribution in [3.05, 3.63) is 30.3 Å². The number of rotatable bonds is 5. The third-order valence-corrected chi connectivity index (χ3v) is 4.65. The van der Waals surface area contributed by atoms with Gasteiger partial charge in [0.15, 0.2) is 0 Å². The van der Waals surface area contributed by atoms with E-state index >= 15 is 0 Å². The van der Waals surface area contributed by atoms with Gasteiger partial charge in [-0.25, -0.2) is 0 Å². The second-order valence-corrected chi connectivity index (χ2v) is 6.15. The van der Waals surface area contributed by atoms with Gasteiger partial charge in [-0.3, -0.25) is 4.79 Å². The van der Waals surface area contributed by atoms with Gasteiger partial charge < -0.3 is 10.6 Å². The van der Waals surface area contributed by atoms with Crippen LogP contribution in [0.25, 0.3) is 0 Å². The molecule has 1 aromatic carbocycles. The summed E-state index contributed by atoms with van der Waals surface area (Å²) in [5.41, 5.74) is 0.989. The van der Waals surface area contributed by atoms with Crippen molar-refractivity contribution in [3.8, 4) is 0 Å². The predicted molar refractivity (Wildman–Crippen MR) is 89.9 cm³/mol. The van der Waals surface area contributed by atoms with E-state index in [0.29, 0.717) is 17.8 Å². The molecule has 1 aliphatic rings. The molecule has 1 amide bonds. The zero-order valence-corrected chi connectivity index (χ0v) is 13.4. The van der Waals surface area contributed by atoms with Crippen LogP contribution in [0.15, 0.2) is 30.3 Å². The smallest absolute Gasteiger partial charge is 0.239 e. The van der Waals surface area contributed by atoms with E-state index in [-0.39, 0.29) is 18.3 Å². The highest BCUT2D eigenvalue weighted by Gasteiger charge is 2.22. The Morgan fingerprint density at radius 3 is 2.75 bits per heavy atom. The molecule has 112 valence electrons. The highest BCUT2D eigenvalue weighted by Crippen LogP contribution is 2.26. The Morgan fingerprint density at radius 2 is 2.05 bits per heavy atom. The van der Waals surface area contributed by atoms with Crippen molar-refractivity contribution in [1.29, 1.82) is 0 Å². The molecule has 1 fully saturated rings. The van der Waals surface area contributed by atoms with E-state index in [1.54, 1.807) is 0 Å². The van der Waals surface area contributed by atoms with Crippen LogP contribution >= 0.6 is 24.2 Å². The van der Waals surface area contributed by atoms with Crippen molar-refractivity contribution in [2.24, 2.45) is 0 Å². The van der Waals surface area contributed by atoms with Gasteiger partial charge in [0.2, 0.25) is 5.91 Å². The number of halogens is 1. The minimum atomic E-state index is 0. The molecule has 0 aliphatic heterocycles. The fraction of sp³-hybridized carbons (Fsp3) is 0.533. The Morgan fingerprint density at radius 1 is 1.30 bits per heavy atom. The first kappa shape index (κ1) is 17.2. The third-order valence-electron chi connectivity index (χ3n) is 3.55. The average Bonchev–Trinajstić information content (AvgIpc) is 2.46. The molecule has 0 heterocycles. The minimum absolute atomic E-state index is 0. The molecular formula is C15H23ClN2OS. The van der Waals surface area contributed by atoms with Crippen molar-refractivity contribution in [1.82, 2.24) is 5.32 Å². The molecule has 2 rings (SSSR count). The maximum atomic E-state index is 11.9. The van der Waals surface area contributed by atoms with Gasteiger partial charge in [-0.2, -0.15) is 11.8 Å². The Labute approximate surface area is 131 Å². The van der Waals surface area contributed by atoms with Gasteiger partial charge in [0, 0.05) is 17.0 Å². The molecule has 1 aromatic rings. The van der Waals surface area contributed by atoms with Crippen molar-refractivity contribution in [3.63, 3.8) is 0 Å². The molecule has 2 unspecified atom stereocenters. The van der Waals surface area contributed by atoms with Crippen molar-refractivity contribution in [2.75, 3.05) is 18.1 Å². The maximum absolute atomic E-state index is 11.9. The first-order valence-corrected chi connectivity index (χ1v) is 8.18. The van der Waals surface area contributed by atoms with Crippen molar-refractivity contribution >= 4 is 35.8 Å². The van der Waals surface area contributed by atoms with Crippen LogP contribution in [-0.2, 0) is 4.79 Å². The first-order valence-electron chi connectivity index (χ1n) is 6.89. The predicted octanol–water partition coefficient (Wildman–Crippen LogP) is 3.31. The summed E-state index contributed by atoms with van der Waals surface area (Å²) in [7, 11) is 0. The molecule has 2 atom stereocenters. The summed E-state index contributed by atoms with van der Waals surface area (Å²) in [5.74, 6) is 0.0932. The van der Waals surface area contributed by atoms with Gasteiger partial charge in [0.05, 0.1) is 6.54 Å². The number of para-hydroxylation sites is 1. The van der Waals surface area contributed by atoms with Crippen LogP contribution in [0, 0.1) is 0 Å². The van der Waals surface area contributed by atoms with E-state index in [2.05, 4.69) is 16.9 Å². The lowest BCUT2D eigenvalue weighted by atomic mass is 9.95. The summed E-state index contributed by atoms with van der Waals surface area (Å²) in [6.45, 7) is 0.352. The second-order valence-electron chi connectivity index (χ2n) is 5.01. The summed E-state index contributed by atoms with van der Waals surface area (Å²) in [6, 6.07) is 10.2. The van der Waals surface area contributed by atoms with Crippen LogP contribution in [-0.4, -0.2) is 30.0 Å². The highest BCUT2D eigenvalue weighted by atomic mass is 35.5. The van der Waals surface area contributed by atoms with Gasteiger partial charge in [0.1, 0.15) is 0 Å². The summed E-state index contributed by atoms with van der Waals surface area (Å²) in [4.78, 5) is 11.9. The van der Waals surface area contributed by atoms with E-state index < -0.39 is 0 Å². The number of carbonyl (C=O) groups is 1. The summed E-state index contributed by atoms with van der Waals surface area (Å²) >= 11 is 1.92. The Balaban J connectivity index is 0.00000200. The number of anilines is 1. The van der Waals surface area contributed by atoms with Gasteiger partial charge in [-0.05, 0) is 37.7 Å². The largest absolute Gasteiger partial charge is 0.376 e. The van der Waals surface area contributed by atoms with Gasteiger partial charge in [-0.1, -0.05) is 24.6 Å². The molecule has 0 radical (unpaired) electrons. The molecule has 3 nitrogen and oxygen atoms in total. The monoisotopic (exact) mass is 314 g/mol. The fourth-order valence-corrected chi connectivity index (χ4v) is 3.33. The number of benzene rings is 1. The van der Waals surface area contributed by atoms with E-state index in [0.717, 1.165) is 18.5 Å². The number of nitrogens with one attached hydrogen (secondary N) is 2. The normalized spacial score (nSPS) is 21.6. The van der Waals surface area contributed by atoms with E-state index in [4.69, 9.17) is 0 Å². The number of hydrogen-bond donors (Lipinski definition) is 2. The Bertz CT molecular complexity index is 402. The number of hydrogen-bond acceptors (Lipinski definition) is 3. The summed E-state index contributed by atoms with van der Waals surface area (Å²) in [6.07, 6.45) is 6.90. The molecular weight excluding hydrogens is 292 g/mol. The molecule has 2 N–H and O–H groups in total. The molecule has 1 saturated carbocycles. The van der Waals surface area contributed by atoms with Crippen LogP contribution < -0.4 is 10.6 Å². The summed E-state index contributed by atoms with van der Waals surface area (Å²) < 4.78 is 0. The van der Waals surface area contributed by atoms with E-state index in [1.165, 1.54) is 12.8 Å². The maximum Gasteiger partial charge on any atom is 0.239 e. The van der Waals surface area contributed by atoms with Gasteiger partial charge in [-0.15, -0.1) is 12.4 Å². The topological polar surface area (TPSA) is 41.1 Å². The minimum Gasteiger partial charge on any atom is -0.376 e. The number of thioether (sulfide) groups is 1. The van der Waals surface area contributed by atoms with Crippen molar-refractivity contribution < 1.29 is 4.79 Å². The number of amides is 1. The standard InChI is InChI=1S/C15H22N2OS.ClH/c1-19-14-9-5-8-13(10-14)17-15(18)11-16-12-6-3-2-4-7-12;/h2-4,6-7,13-14,16H,5,8-11H2,1H3,(H,17,18);1H. The second kappa shape index (κ2) is 9.14. The zero-order valence-electron chi connectivity index (χ0n) is 11.8. The van der Waals surface area contributed by atoms with Crippen LogP contribution in [0.4, 0.5) is 5.69 Å². The van der Waals surface area contributed by atoms with Gasteiger partial charge in [0.25, 0.3) is 0 Å². The molecule has 20 heavy (non-hydrogen) atoms. The Kier molecular flexibility index (Phi) is 7.85. The highest BCUT2D eigenvalue weighted by molar-refractivity contribution is 7.99. The van der Waals surface area contributed by atoms with Crippen LogP contribution in [0.3, 0.4) is 0 Å². The van der Waals surface area contributed by atoms with Crippen molar-refractivity contribution in [2.45, 2.75) is 37.0 Å². The zero-order chi connectivity index (χ0) is 13.5. The van der Waals surface area contributed by atoms with Crippen LogP contribution in [0.2, 0.25) is 0 Å². The SMILES string of the molecule is CSC1CCCC(NC(=O)CNc2ccccc2)C1.Cl. The van der Waals surface area contributed by atoms with Gasteiger partial charge >= 0.3 is 0 Å². The Hall–Kier alpha value is -0.870. The van der Waals surface area contributed by atoms with E-state index in [9.17, 15) is 4.79 Å². The first-order chi connectivity index (χ1) is 9.28. The lowest BCUT2D eigenvalue weighted by molar-refractivity contribution is -0.120.